The van der Waals surface area contributed by atoms with Crippen molar-refractivity contribution in [3.63, 3.8) is 0 Å². The lowest BCUT2D eigenvalue weighted by Gasteiger charge is -2.20. The van der Waals surface area contributed by atoms with Gasteiger partial charge in [0.2, 0.25) is 5.95 Å². The molecule has 2 aromatic heterocycles. The second kappa shape index (κ2) is 5.82. The molecule has 2 aromatic rings. The van der Waals surface area contributed by atoms with E-state index in [1.165, 1.54) is 6.42 Å². The number of hydrogen-bond acceptors (Lipinski definition) is 4. The molecule has 2 N–H and O–H groups in total. The van der Waals surface area contributed by atoms with Crippen molar-refractivity contribution in [3.8, 4) is 0 Å². The van der Waals surface area contributed by atoms with Gasteiger partial charge in [0.15, 0.2) is 0 Å². The number of nitrogens with two attached hydrogens (primary N) is 1. The lowest BCUT2D eigenvalue weighted by atomic mass is 10.3. The summed E-state index contributed by atoms with van der Waals surface area (Å²) in [4.78, 5) is 10.8. The van der Waals surface area contributed by atoms with Gasteiger partial charge in [0.1, 0.15) is 5.52 Å². The number of nitrogen functional groups attached to an aromatic ring is 1. The van der Waals surface area contributed by atoms with Crippen LogP contribution in [0.4, 0.5) is 5.95 Å². The summed E-state index contributed by atoms with van der Waals surface area (Å²) in [6, 6.07) is 1.97. The molecule has 18 heavy (non-hydrogen) atoms. The van der Waals surface area contributed by atoms with E-state index >= 15 is 0 Å². The minimum atomic E-state index is 0.575. The van der Waals surface area contributed by atoms with Gasteiger partial charge < -0.3 is 15.2 Å². The monoisotopic (exact) mass is 247 g/mol. The van der Waals surface area contributed by atoms with Gasteiger partial charge in [0.25, 0.3) is 0 Å². The number of rotatable bonds is 6. The Balaban J connectivity index is 2.13. The van der Waals surface area contributed by atoms with Crippen molar-refractivity contribution in [3.05, 3.63) is 18.5 Å². The average Bonchev–Trinajstić information content (AvgIpc) is 2.70. The summed E-state index contributed by atoms with van der Waals surface area (Å²) in [7, 11) is 0. The number of aromatic nitrogens is 3. The minimum Gasteiger partial charge on any atom is -0.369 e. The van der Waals surface area contributed by atoms with Crippen LogP contribution in [0.2, 0.25) is 0 Å². The van der Waals surface area contributed by atoms with Gasteiger partial charge >= 0.3 is 0 Å². The molecule has 2 rings (SSSR count). The highest BCUT2D eigenvalue weighted by Gasteiger charge is 2.09. The molecule has 0 aliphatic heterocycles. The number of likely N-dealkylation sites (N-methyl/N-ethyl adjacent to an activating group) is 1. The van der Waals surface area contributed by atoms with Crippen molar-refractivity contribution in [2.45, 2.75) is 26.8 Å². The predicted octanol–water partition coefficient (Wildman–Crippen LogP) is 1.75. The molecule has 0 saturated heterocycles. The Morgan fingerprint density at radius 2 is 2.17 bits per heavy atom. The first kappa shape index (κ1) is 12.8. The molecular weight excluding hydrogens is 226 g/mol. The van der Waals surface area contributed by atoms with E-state index in [1.807, 2.05) is 6.07 Å². The molecule has 0 spiro atoms. The zero-order chi connectivity index (χ0) is 13.0. The zero-order valence-electron chi connectivity index (χ0n) is 11.1. The molecular formula is C13H21N5. The first-order valence-electron chi connectivity index (χ1n) is 6.54. The van der Waals surface area contributed by atoms with Crippen LogP contribution in [-0.4, -0.2) is 39.1 Å². The van der Waals surface area contributed by atoms with Crippen LogP contribution in [-0.2, 0) is 6.54 Å². The third kappa shape index (κ3) is 2.61. The SMILES string of the molecule is CCCN(CC)CCn1c(N)nc2cnccc21. The maximum Gasteiger partial charge on any atom is 0.201 e. The van der Waals surface area contributed by atoms with Crippen LogP contribution in [0.15, 0.2) is 18.5 Å². The van der Waals surface area contributed by atoms with Gasteiger partial charge in [0.05, 0.1) is 11.7 Å². The van der Waals surface area contributed by atoms with E-state index in [1.54, 1.807) is 12.4 Å². The van der Waals surface area contributed by atoms with E-state index in [0.29, 0.717) is 5.95 Å². The summed E-state index contributed by atoms with van der Waals surface area (Å²) in [6.07, 6.45) is 4.72. The number of nitrogens with zero attached hydrogens (tertiary/aromatic N) is 4. The van der Waals surface area contributed by atoms with Crippen molar-refractivity contribution >= 4 is 17.0 Å². The molecule has 0 amide bonds. The number of anilines is 1. The van der Waals surface area contributed by atoms with Crippen LogP contribution in [0.25, 0.3) is 11.0 Å². The van der Waals surface area contributed by atoms with Crippen LogP contribution in [0, 0.1) is 0 Å². The van der Waals surface area contributed by atoms with Gasteiger partial charge in [-0.25, -0.2) is 4.98 Å². The Morgan fingerprint density at radius 3 is 2.89 bits per heavy atom. The van der Waals surface area contributed by atoms with Crippen molar-refractivity contribution in [1.82, 2.24) is 19.4 Å². The van der Waals surface area contributed by atoms with Crippen molar-refractivity contribution in [1.29, 1.82) is 0 Å². The summed E-state index contributed by atoms with van der Waals surface area (Å²) < 4.78 is 2.06. The molecule has 2 heterocycles. The highest BCUT2D eigenvalue weighted by Crippen LogP contribution is 2.16. The van der Waals surface area contributed by atoms with Gasteiger partial charge in [-0.05, 0) is 25.6 Å². The van der Waals surface area contributed by atoms with Gasteiger partial charge in [-0.1, -0.05) is 13.8 Å². The molecule has 0 fully saturated rings. The Morgan fingerprint density at radius 1 is 1.33 bits per heavy atom. The molecule has 0 saturated carbocycles. The van der Waals surface area contributed by atoms with E-state index in [4.69, 9.17) is 5.73 Å². The fraction of sp³-hybridized carbons (Fsp3) is 0.538. The standard InChI is InChI=1S/C13H21N5/c1-3-7-17(4-2)8-9-18-12-5-6-15-10-11(12)16-13(18)14/h5-6,10H,3-4,7-9H2,1-2H3,(H2,14,16). The van der Waals surface area contributed by atoms with Gasteiger partial charge in [0, 0.05) is 19.3 Å². The summed E-state index contributed by atoms with van der Waals surface area (Å²) in [5.41, 5.74) is 7.89. The lowest BCUT2D eigenvalue weighted by molar-refractivity contribution is 0.278. The Labute approximate surface area is 108 Å². The Hall–Kier alpha value is -1.62. The summed E-state index contributed by atoms with van der Waals surface area (Å²) >= 11 is 0. The average molecular weight is 247 g/mol. The topological polar surface area (TPSA) is 60.0 Å². The first-order valence-corrected chi connectivity index (χ1v) is 6.54. The van der Waals surface area contributed by atoms with Gasteiger partial charge in [-0.15, -0.1) is 0 Å². The molecule has 0 aliphatic carbocycles. The highest BCUT2D eigenvalue weighted by molar-refractivity contribution is 5.76. The third-order valence-electron chi connectivity index (χ3n) is 3.21. The fourth-order valence-corrected chi connectivity index (χ4v) is 2.22. The highest BCUT2D eigenvalue weighted by atomic mass is 15.2. The maximum atomic E-state index is 5.96. The second-order valence-corrected chi connectivity index (χ2v) is 4.42. The van der Waals surface area contributed by atoms with Crippen LogP contribution in [0.5, 0.6) is 0 Å². The minimum absolute atomic E-state index is 0.575. The van der Waals surface area contributed by atoms with Crippen molar-refractivity contribution in [2.75, 3.05) is 25.4 Å². The van der Waals surface area contributed by atoms with Crippen LogP contribution < -0.4 is 5.73 Å². The fourth-order valence-electron chi connectivity index (χ4n) is 2.22. The van der Waals surface area contributed by atoms with Gasteiger partial charge in [-0.2, -0.15) is 0 Å². The molecule has 0 aliphatic rings. The van der Waals surface area contributed by atoms with E-state index in [0.717, 1.165) is 37.2 Å². The lowest BCUT2D eigenvalue weighted by Crippen LogP contribution is -2.28. The summed E-state index contributed by atoms with van der Waals surface area (Å²) in [6.45, 7) is 8.47. The Bertz CT molecular complexity index is 505. The molecule has 0 bridgehead atoms. The number of pyridine rings is 1. The molecule has 0 atom stereocenters. The first-order chi connectivity index (χ1) is 8.76. The summed E-state index contributed by atoms with van der Waals surface area (Å²) in [5.74, 6) is 0.575. The van der Waals surface area contributed by atoms with Gasteiger partial charge in [-0.3, -0.25) is 4.98 Å². The predicted molar refractivity (Wildman–Crippen MR) is 74.3 cm³/mol. The zero-order valence-corrected chi connectivity index (χ0v) is 11.1. The van der Waals surface area contributed by atoms with Crippen LogP contribution in [0.1, 0.15) is 20.3 Å². The molecule has 0 aromatic carbocycles. The molecule has 5 nitrogen and oxygen atoms in total. The molecule has 0 radical (unpaired) electrons. The second-order valence-electron chi connectivity index (χ2n) is 4.42. The molecule has 98 valence electrons. The van der Waals surface area contributed by atoms with Crippen molar-refractivity contribution < 1.29 is 0 Å². The number of imidazole rings is 1. The smallest absolute Gasteiger partial charge is 0.201 e. The van der Waals surface area contributed by atoms with Crippen LogP contribution >= 0.6 is 0 Å². The molecule has 0 unspecified atom stereocenters. The summed E-state index contributed by atoms with van der Waals surface area (Å²) in [5, 5.41) is 0. The normalized spacial score (nSPS) is 11.5. The quantitative estimate of drug-likeness (QED) is 0.844. The maximum absolute atomic E-state index is 5.96. The van der Waals surface area contributed by atoms with E-state index in [2.05, 4.69) is 33.3 Å². The third-order valence-corrected chi connectivity index (χ3v) is 3.21. The van der Waals surface area contributed by atoms with Crippen LogP contribution in [0.3, 0.4) is 0 Å². The Kier molecular flexibility index (Phi) is 4.15. The van der Waals surface area contributed by atoms with E-state index in [9.17, 15) is 0 Å². The molecule has 5 heteroatoms. The number of hydrogen-bond donors (Lipinski definition) is 1. The van der Waals surface area contributed by atoms with E-state index in [-0.39, 0.29) is 0 Å². The largest absolute Gasteiger partial charge is 0.369 e. The van der Waals surface area contributed by atoms with Crippen molar-refractivity contribution in [2.24, 2.45) is 0 Å². The van der Waals surface area contributed by atoms with E-state index < -0.39 is 0 Å². The number of fused-ring (bicyclic) bond motifs is 1.